The van der Waals surface area contributed by atoms with Crippen molar-refractivity contribution in [1.82, 2.24) is 0 Å². The van der Waals surface area contributed by atoms with Crippen molar-refractivity contribution in [2.45, 2.75) is 39.0 Å². The van der Waals surface area contributed by atoms with Gasteiger partial charge in [-0.2, -0.15) is 0 Å². The largest absolute Gasteiger partial charge is 0.0779 e. The van der Waals surface area contributed by atoms with Gasteiger partial charge in [0.05, 0.1) is 0 Å². The molecular formula is C11H18Co. The maximum atomic E-state index is 2.17. The first kappa shape index (κ1) is 12.0. The standard InChI is InChI=1S/C6H8.C5H10.Co/c1-6-4-2-3-5-6;1-2-4-5-3-1;/h2-6H,1H3;1-5H2;. The van der Waals surface area contributed by atoms with Crippen molar-refractivity contribution < 1.29 is 16.8 Å². The Morgan fingerprint density at radius 1 is 0.833 bits per heavy atom. The molecule has 12 heavy (non-hydrogen) atoms. The van der Waals surface area contributed by atoms with E-state index in [2.05, 4.69) is 31.2 Å². The summed E-state index contributed by atoms with van der Waals surface area (Å²) >= 11 is 0. The van der Waals surface area contributed by atoms with Crippen LogP contribution in [0.25, 0.3) is 0 Å². The summed E-state index contributed by atoms with van der Waals surface area (Å²) in [6.45, 7) is 2.17. The van der Waals surface area contributed by atoms with E-state index >= 15 is 0 Å². The van der Waals surface area contributed by atoms with Crippen molar-refractivity contribution in [1.29, 1.82) is 0 Å². The Bertz CT molecular complexity index is 123. The SMILES string of the molecule is C1CCCC1.CC1C=CC=C1.[Co]. The molecule has 1 saturated carbocycles. The van der Waals surface area contributed by atoms with Crippen LogP contribution in [0.15, 0.2) is 24.3 Å². The average molecular weight is 209 g/mol. The fourth-order valence-electron chi connectivity index (χ4n) is 1.43. The third-order valence-corrected chi connectivity index (χ3v) is 2.19. The summed E-state index contributed by atoms with van der Waals surface area (Å²) in [6, 6.07) is 0. The summed E-state index contributed by atoms with van der Waals surface area (Å²) in [6.07, 6.45) is 16.0. The van der Waals surface area contributed by atoms with Crippen LogP contribution in [0.2, 0.25) is 0 Å². The minimum Gasteiger partial charge on any atom is -0.0779 e. The Hall–Kier alpha value is -0.0135. The summed E-state index contributed by atoms with van der Waals surface area (Å²) in [4.78, 5) is 0. The molecule has 0 nitrogen and oxygen atoms in total. The van der Waals surface area contributed by atoms with Crippen molar-refractivity contribution in [2.75, 3.05) is 0 Å². The summed E-state index contributed by atoms with van der Waals surface area (Å²) in [7, 11) is 0. The van der Waals surface area contributed by atoms with Crippen LogP contribution >= 0.6 is 0 Å². The molecule has 0 saturated heterocycles. The molecule has 0 atom stereocenters. The second-order valence-electron chi connectivity index (χ2n) is 3.40. The van der Waals surface area contributed by atoms with Crippen molar-refractivity contribution in [3.8, 4) is 0 Å². The van der Waals surface area contributed by atoms with E-state index in [1.165, 1.54) is 32.1 Å². The van der Waals surface area contributed by atoms with E-state index < -0.39 is 0 Å². The molecule has 0 aromatic carbocycles. The van der Waals surface area contributed by atoms with Gasteiger partial charge in [-0.25, -0.2) is 0 Å². The Kier molecular flexibility index (Phi) is 7.62. The molecular weight excluding hydrogens is 191 g/mol. The molecule has 1 fully saturated rings. The van der Waals surface area contributed by atoms with Crippen LogP contribution in [0.5, 0.6) is 0 Å². The van der Waals surface area contributed by atoms with Crippen molar-refractivity contribution >= 4 is 0 Å². The molecule has 0 spiro atoms. The van der Waals surface area contributed by atoms with Gasteiger partial charge in [0, 0.05) is 16.8 Å². The Labute approximate surface area is 86.3 Å². The predicted octanol–water partition coefficient (Wildman–Crippen LogP) is 3.70. The molecule has 2 aliphatic rings. The second-order valence-corrected chi connectivity index (χ2v) is 3.40. The van der Waals surface area contributed by atoms with Gasteiger partial charge in [0.1, 0.15) is 0 Å². The van der Waals surface area contributed by atoms with Crippen molar-refractivity contribution in [3.63, 3.8) is 0 Å². The molecule has 2 aliphatic carbocycles. The molecule has 2 rings (SSSR count). The van der Waals surface area contributed by atoms with E-state index in [9.17, 15) is 0 Å². The van der Waals surface area contributed by atoms with Gasteiger partial charge >= 0.3 is 0 Å². The van der Waals surface area contributed by atoms with E-state index in [0.29, 0.717) is 5.92 Å². The smallest absolute Gasteiger partial charge is 0 e. The van der Waals surface area contributed by atoms with E-state index in [1.54, 1.807) is 0 Å². The Morgan fingerprint density at radius 2 is 1.17 bits per heavy atom. The maximum absolute atomic E-state index is 2.17. The summed E-state index contributed by atoms with van der Waals surface area (Å²) in [5.41, 5.74) is 0. The Morgan fingerprint density at radius 3 is 1.33 bits per heavy atom. The van der Waals surface area contributed by atoms with Crippen LogP contribution < -0.4 is 0 Å². The first-order valence-corrected chi connectivity index (χ1v) is 4.74. The van der Waals surface area contributed by atoms with Gasteiger partial charge < -0.3 is 0 Å². The van der Waals surface area contributed by atoms with Crippen LogP contribution in [0.4, 0.5) is 0 Å². The molecule has 0 heterocycles. The molecule has 1 heteroatoms. The van der Waals surface area contributed by atoms with Gasteiger partial charge in [0.25, 0.3) is 0 Å². The molecule has 0 unspecified atom stereocenters. The molecule has 71 valence electrons. The summed E-state index contributed by atoms with van der Waals surface area (Å²) < 4.78 is 0. The quantitative estimate of drug-likeness (QED) is 0.570. The fraction of sp³-hybridized carbons (Fsp3) is 0.636. The molecule has 0 amide bonds. The zero-order valence-electron chi connectivity index (χ0n) is 7.76. The normalized spacial score (nSPS) is 20.1. The minimum atomic E-state index is 0. The van der Waals surface area contributed by atoms with E-state index in [4.69, 9.17) is 0 Å². The van der Waals surface area contributed by atoms with Gasteiger partial charge in [0.15, 0.2) is 0 Å². The molecule has 0 aliphatic heterocycles. The Balaban J connectivity index is 0.000000189. The number of rotatable bonds is 0. The maximum Gasteiger partial charge on any atom is 0 e. The number of hydrogen-bond acceptors (Lipinski definition) is 0. The van der Waals surface area contributed by atoms with Gasteiger partial charge in [0.2, 0.25) is 0 Å². The molecule has 1 radical (unpaired) electrons. The van der Waals surface area contributed by atoms with Crippen LogP contribution in [0.1, 0.15) is 39.0 Å². The van der Waals surface area contributed by atoms with Gasteiger partial charge in [-0.05, 0) is 5.92 Å². The van der Waals surface area contributed by atoms with E-state index in [-0.39, 0.29) is 16.8 Å². The third-order valence-electron chi connectivity index (χ3n) is 2.19. The second kappa shape index (κ2) is 7.63. The zero-order chi connectivity index (χ0) is 7.94. The monoisotopic (exact) mass is 209 g/mol. The number of allylic oxidation sites excluding steroid dienone is 4. The van der Waals surface area contributed by atoms with Crippen LogP contribution in [-0.4, -0.2) is 0 Å². The van der Waals surface area contributed by atoms with Gasteiger partial charge in [-0.15, -0.1) is 0 Å². The summed E-state index contributed by atoms with van der Waals surface area (Å²) in [5.74, 6) is 0.685. The number of hydrogen-bond donors (Lipinski definition) is 0. The first-order valence-electron chi connectivity index (χ1n) is 4.74. The topological polar surface area (TPSA) is 0 Å². The van der Waals surface area contributed by atoms with Crippen molar-refractivity contribution in [3.05, 3.63) is 24.3 Å². The van der Waals surface area contributed by atoms with E-state index in [1.807, 2.05) is 0 Å². The first-order chi connectivity index (χ1) is 5.39. The average Bonchev–Trinajstić information content (AvgIpc) is 2.57. The molecule has 0 bridgehead atoms. The van der Waals surface area contributed by atoms with Crippen LogP contribution in [0, 0.1) is 5.92 Å². The zero-order valence-corrected chi connectivity index (χ0v) is 8.80. The van der Waals surface area contributed by atoms with Crippen LogP contribution in [-0.2, 0) is 16.8 Å². The molecule has 0 N–H and O–H groups in total. The molecule has 0 aromatic heterocycles. The van der Waals surface area contributed by atoms with Gasteiger partial charge in [-0.3, -0.25) is 0 Å². The van der Waals surface area contributed by atoms with E-state index in [0.717, 1.165) is 0 Å². The third kappa shape index (κ3) is 5.61. The fourth-order valence-corrected chi connectivity index (χ4v) is 1.43. The summed E-state index contributed by atoms with van der Waals surface area (Å²) in [5, 5.41) is 0. The minimum absolute atomic E-state index is 0. The molecule has 0 aromatic rings. The van der Waals surface area contributed by atoms with Gasteiger partial charge in [-0.1, -0.05) is 63.3 Å². The predicted molar refractivity (Wildman–Crippen MR) is 50.5 cm³/mol. The van der Waals surface area contributed by atoms with Crippen LogP contribution in [0.3, 0.4) is 0 Å². The van der Waals surface area contributed by atoms with Crippen molar-refractivity contribution in [2.24, 2.45) is 5.92 Å².